The van der Waals surface area contributed by atoms with Crippen molar-refractivity contribution >= 4 is 23.7 Å². The number of benzene rings is 3. The lowest BCUT2D eigenvalue weighted by atomic mass is 10.2. The van der Waals surface area contributed by atoms with Gasteiger partial charge in [-0.3, -0.25) is 4.79 Å². The predicted octanol–water partition coefficient (Wildman–Crippen LogP) is 4.69. The number of ether oxygens (including phenoxy) is 2. The van der Waals surface area contributed by atoms with E-state index in [1.807, 2.05) is 42.5 Å². The van der Waals surface area contributed by atoms with Crippen molar-refractivity contribution in [2.75, 3.05) is 7.11 Å². The molecule has 28 heavy (non-hydrogen) atoms. The van der Waals surface area contributed by atoms with E-state index in [1.165, 1.54) is 0 Å². The van der Waals surface area contributed by atoms with Crippen molar-refractivity contribution in [3.05, 3.63) is 94.5 Å². The summed E-state index contributed by atoms with van der Waals surface area (Å²) in [5.41, 5.74) is 4.73. The summed E-state index contributed by atoms with van der Waals surface area (Å²) in [7, 11) is 1.61. The zero-order valence-corrected chi connectivity index (χ0v) is 16.0. The third-order valence-corrected chi connectivity index (χ3v) is 4.19. The molecule has 5 nitrogen and oxygen atoms in total. The zero-order valence-electron chi connectivity index (χ0n) is 15.3. The number of hydrogen-bond acceptors (Lipinski definition) is 4. The van der Waals surface area contributed by atoms with Crippen LogP contribution in [-0.2, 0) is 6.61 Å². The maximum Gasteiger partial charge on any atom is 0.275 e. The minimum Gasteiger partial charge on any atom is -0.497 e. The number of nitrogens with one attached hydrogen (secondary N) is 1. The monoisotopic (exact) mass is 394 g/mol. The molecule has 0 aliphatic heterocycles. The molecular formula is C22H19ClN2O3. The largest absolute Gasteiger partial charge is 0.497 e. The van der Waals surface area contributed by atoms with Gasteiger partial charge in [-0.2, -0.15) is 5.10 Å². The summed E-state index contributed by atoms with van der Waals surface area (Å²) in [4.78, 5) is 12.5. The molecule has 0 saturated heterocycles. The van der Waals surface area contributed by atoms with Gasteiger partial charge in [0.05, 0.1) is 18.9 Å². The third-order valence-electron chi connectivity index (χ3n) is 3.93. The second-order valence-corrected chi connectivity index (χ2v) is 6.32. The Morgan fingerprint density at radius 3 is 2.46 bits per heavy atom. The summed E-state index contributed by atoms with van der Waals surface area (Å²) >= 11 is 5.89. The number of hydrazone groups is 1. The summed E-state index contributed by atoms with van der Waals surface area (Å²) in [5, 5.41) is 4.67. The van der Waals surface area contributed by atoms with E-state index in [2.05, 4.69) is 10.5 Å². The first-order valence-corrected chi connectivity index (χ1v) is 8.97. The predicted molar refractivity (Wildman–Crippen MR) is 110 cm³/mol. The molecule has 0 aliphatic rings. The number of amides is 1. The Balaban J connectivity index is 1.62. The van der Waals surface area contributed by atoms with Gasteiger partial charge in [0.25, 0.3) is 5.91 Å². The van der Waals surface area contributed by atoms with E-state index in [4.69, 9.17) is 21.1 Å². The van der Waals surface area contributed by atoms with Crippen LogP contribution in [0.4, 0.5) is 0 Å². The molecule has 0 unspecified atom stereocenters. The van der Waals surface area contributed by atoms with Crippen molar-refractivity contribution in [2.24, 2.45) is 5.10 Å². The van der Waals surface area contributed by atoms with Gasteiger partial charge in [-0.15, -0.1) is 0 Å². The van der Waals surface area contributed by atoms with Gasteiger partial charge in [-0.05, 0) is 59.7 Å². The van der Waals surface area contributed by atoms with Gasteiger partial charge in [0.2, 0.25) is 0 Å². The number of hydrogen-bond donors (Lipinski definition) is 1. The van der Waals surface area contributed by atoms with Crippen LogP contribution in [0.15, 0.2) is 77.9 Å². The van der Waals surface area contributed by atoms with Crippen LogP contribution in [0, 0.1) is 0 Å². The van der Waals surface area contributed by atoms with E-state index < -0.39 is 0 Å². The van der Waals surface area contributed by atoms with Crippen molar-refractivity contribution in [3.63, 3.8) is 0 Å². The molecule has 3 aromatic carbocycles. The fourth-order valence-corrected chi connectivity index (χ4v) is 2.56. The Morgan fingerprint density at radius 2 is 1.75 bits per heavy atom. The van der Waals surface area contributed by atoms with Gasteiger partial charge < -0.3 is 9.47 Å². The summed E-state index contributed by atoms with van der Waals surface area (Å²) in [6.45, 7) is 0.330. The van der Waals surface area contributed by atoms with Crippen LogP contribution in [0.1, 0.15) is 21.5 Å². The highest BCUT2D eigenvalue weighted by atomic mass is 35.5. The normalized spacial score (nSPS) is 10.6. The van der Waals surface area contributed by atoms with E-state index >= 15 is 0 Å². The lowest BCUT2D eigenvalue weighted by Crippen LogP contribution is -2.18. The van der Waals surface area contributed by atoms with Crippen molar-refractivity contribution in [3.8, 4) is 11.5 Å². The molecule has 142 valence electrons. The summed E-state index contributed by atoms with van der Waals surface area (Å²) in [6.07, 6.45) is 1.56. The second-order valence-electron chi connectivity index (χ2n) is 5.88. The van der Waals surface area contributed by atoms with Crippen LogP contribution in [0.5, 0.6) is 11.5 Å². The first-order valence-electron chi connectivity index (χ1n) is 8.59. The maximum atomic E-state index is 12.5. The van der Waals surface area contributed by atoms with Gasteiger partial charge in [0.15, 0.2) is 0 Å². The number of methoxy groups -OCH3 is 1. The zero-order chi connectivity index (χ0) is 19.8. The van der Waals surface area contributed by atoms with Crippen LogP contribution in [0.2, 0.25) is 5.02 Å². The lowest BCUT2D eigenvalue weighted by Gasteiger charge is -2.10. The Morgan fingerprint density at radius 1 is 1.04 bits per heavy atom. The van der Waals surface area contributed by atoms with E-state index in [0.717, 1.165) is 16.9 Å². The molecule has 0 saturated carbocycles. The summed E-state index contributed by atoms with van der Waals surface area (Å²) in [6, 6.07) is 21.7. The molecule has 1 amide bonds. The molecule has 0 aromatic heterocycles. The average molecular weight is 395 g/mol. The second kappa shape index (κ2) is 9.58. The maximum absolute atomic E-state index is 12.5. The third kappa shape index (κ3) is 5.34. The van der Waals surface area contributed by atoms with Crippen LogP contribution >= 0.6 is 11.6 Å². The molecule has 0 aliphatic carbocycles. The van der Waals surface area contributed by atoms with E-state index in [0.29, 0.717) is 22.9 Å². The number of carbonyl (C=O) groups excluding carboxylic acids is 1. The molecule has 6 heteroatoms. The summed E-state index contributed by atoms with van der Waals surface area (Å²) < 4.78 is 10.9. The molecule has 0 radical (unpaired) electrons. The Labute approximate surface area is 168 Å². The van der Waals surface area contributed by atoms with E-state index in [9.17, 15) is 4.79 Å². The Kier molecular flexibility index (Phi) is 6.65. The SMILES string of the molecule is COc1ccc(/C=N/NC(=O)c2ccccc2OCc2ccc(Cl)cc2)cc1. The Hall–Kier alpha value is -3.31. The highest BCUT2D eigenvalue weighted by Crippen LogP contribution is 2.20. The number of halogens is 1. The van der Waals surface area contributed by atoms with E-state index in [-0.39, 0.29) is 5.91 Å². The van der Waals surface area contributed by atoms with Crippen molar-refractivity contribution in [1.29, 1.82) is 0 Å². The number of carbonyl (C=O) groups is 1. The Bertz CT molecular complexity index is 954. The molecule has 0 spiro atoms. The van der Waals surface area contributed by atoms with Gasteiger partial charge in [0, 0.05) is 5.02 Å². The number of nitrogens with zero attached hydrogens (tertiary/aromatic N) is 1. The molecule has 3 aromatic rings. The molecule has 3 rings (SSSR count). The first-order chi connectivity index (χ1) is 13.7. The van der Waals surface area contributed by atoms with Crippen molar-refractivity contribution in [1.82, 2.24) is 5.43 Å². The van der Waals surface area contributed by atoms with Crippen molar-refractivity contribution in [2.45, 2.75) is 6.61 Å². The number of para-hydroxylation sites is 1. The molecule has 1 N–H and O–H groups in total. The fourth-order valence-electron chi connectivity index (χ4n) is 2.44. The van der Waals surface area contributed by atoms with Gasteiger partial charge in [-0.1, -0.05) is 35.9 Å². The van der Waals surface area contributed by atoms with Crippen LogP contribution < -0.4 is 14.9 Å². The topological polar surface area (TPSA) is 59.9 Å². The highest BCUT2D eigenvalue weighted by Gasteiger charge is 2.11. The molecule has 0 bridgehead atoms. The van der Waals surface area contributed by atoms with Crippen LogP contribution in [0.25, 0.3) is 0 Å². The highest BCUT2D eigenvalue weighted by molar-refractivity contribution is 6.30. The van der Waals surface area contributed by atoms with Gasteiger partial charge in [0.1, 0.15) is 18.1 Å². The molecular weight excluding hydrogens is 376 g/mol. The van der Waals surface area contributed by atoms with Crippen LogP contribution in [-0.4, -0.2) is 19.2 Å². The van der Waals surface area contributed by atoms with Crippen molar-refractivity contribution < 1.29 is 14.3 Å². The average Bonchev–Trinajstić information content (AvgIpc) is 2.74. The van der Waals surface area contributed by atoms with Gasteiger partial charge >= 0.3 is 0 Å². The molecule has 0 fully saturated rings. The molecule has 0 atom stereocenters. The quantitative estimate of drug-likeness (QED) is 0.467. The first kappa shape index (κ1) is 19.5. The van der Waals surface area contributed by atoms with E-state index in [1.54, 1.807) is 43.7 Å². The fraction of sp³-hybridized carbons (Fsp3) is 0.0909. The number of rotatable bonds is 7. The lowest BCUT2D eigenvalue weighted by molar-refractivity contribution is 0.0950. The summed E-state index contributed by atoms with van der Waals surface area (Å²) in [5.74, 6) is 0.888. The van der Waals surface area contributed by atoms with Gasteiger partial charge in [-0.25, -0.2) is 5.43 Å². The van der Waals surface area contributed by atoms with Crippen LogP contribution in [0.3, 0.4) is 0 Å². The molecule has 0 heterocycles. The minimum atomic E-state index is -0.350. The standard InChI is InChI=1S/C22H19ClN2O3/c1-27-19-12-8-16(9-13-19)14-24-25-22(26)20-4-2-3-5-21(20)28-15-17-6-10-18(23)11-7-17/h2-14H,15H2,1H3,(H,25,26)/b24-14+. The smallest absolute Gasteiger partial charge is 0.275 e. The minimum absolute atomic E-state index is 0.330.